The van der Waals surface area contributed by atoms with E-state index < -0.39 is 0 Å². The highest BCUT2D eigenvalue weighted by atomic mass is 32.2. The molecule has 0 aliphatic carbocycles. The summed E-state index contributed by atoms with van der Waals surface area (Å²) in [5, 5.41) is 10.6. The minimum atomic E-state index is -0.0346. The first kappa shape index (κ1) is 16.3. The van der Waals surface area contributed by atoms with Gasteiger partial charge in [-0.05, 0) is 18.4 Å². The molecule has 0 amide bonds. The zero-order chi connectivity index (χ0) is 16.1. The molecule has 1 saturated heterocycles. The van der Waals surface area contributed by atoms with Gasteiger partial charge < -0.3 is 10.0 Å². The van der Waals surface area contributed by atoms with Crippen LogP contribution in [-0.2, 0) is 5.75 Å². The van der Waals surface area contributed by atoms with Crippen molar-refractivity contribution < 1.29 is 5.11 Å². The average Bonchev–Trinajstić information content (AvgIpc) is 2.61. The van der Waals surface area contributed by atoms with Gasteiger partial charge in [0.1, 0.15) is 10.8 Å². The van der Waals surface area contributed by atoms with Gasteiger partial charge in [0.2, 0.25) is 0 Å². The molecule has 1 aromatic carbocycles. The average molecular weight is 329 g/mol. The fourth-order valence-electron chi connectivity index (χ4n) is 2.93. The summed E-state index contributed by atoms with van der Waals surface area (Å²) in [5.74, 6) is 1.82. The first-order chi connectivity index (χ1) is 11.2. The first-order valence-electron chi connectivity index (χ1n) is 8.03. The zero-order valence-electron chi connectivity index (χ0n) is 13.5. The lowest BCUT2D eigenvalue weighted by Gasteiger charge is -2.39. The fraction of sp³-hybridized carbons (Fsp3) is 0.444. The molecule has 1 fully saturated rings. The van der Waals surface area contributed by atoms with Crippen molar-refractivity contribution in [2.45, 2.75) is 30.5 Å². The Balaban J connectivity index is 1.67. The van der Waals surface area contributed by atoms with Crippen LogP contribution in [0.2, 0.25) is 0 Å². The monoisotopic (exact) mass is 329 g/mol. The van der Waals surface area contributed by atoms with Crippen molar-refractivity contribution in [3.8, 4) is 0 Å². The lowest BCUT2D eigenvalue weighted by atomic mass is 9.83. The third-order valence-corrected chi connectivity index (χ3v) is 5.29. The number of hydrogen-bond acceptors (Lipinski definition) is 5. The number of piperidine rings is 1. The summed E-state index contributed by atoms with van der Waals surface area (Å²) in [6, 6.07) is 10.4. The SMILES string of the molecule is CC1(CO)CCCN(c2cncc(SCc3ccccc3)n2)C1. The van der Waals surface area contributed by atoms with Crippen molar-refractivity contribution >= 4 is 17.6 Å². The fourth-order valence-corrected chi connectivity index (χ4v) is 3.73. The molecule has 1 aliphatic heterocycles. The summed E-state index contributed by atoms with van der Waals surface area (Å²) in [4.78, 5) is 11.4. The van der Waals surface area contributed by atoms with Crippen LogP contribution in [0.1, 0.15) is 25.3 Å². The molecule has 1 unspecified atom stereocenters. The second-order valence-corrected chi connectivity index (χ2v) is 7.48. The molecule has 4 nitrogen and oxygen atoms in total. The molecule has 2 heterocycles. The number of benzene rings is 1. The molecule has 1 aromatic heterocycles. The lowest BCUT2D eigenvalue weighted by molar-refractivity contribution is 0.123. The number of aliphatic hydroxyl groups is 1. The number of aromatic nitrogens is 2. The molecular formula is C18H23N3OS. The van der Waals surface area contributed by atoms with E-state index in [9.17, 15) is 5.11 Å². The standard InChI is InChI=1S/C18H23N3OS/c1-18(14-22)8-5-9-21(13-18)16-10-19-11-17(20-16)23-12-15-6-3-2-4-7-15/h2-4,6-7,10-11,22H,5,8-9,12-14H2,1H3. The molecule has 2 aromatic rings. The predicted octanol–water partition coefficient (Wildman–Crippen LogP) is 3.37. The molecule has 1 aliphatic rings. The van der Waals surface area contributed by atoms with E-state index in [1.165, 1.54) is 5.56 Å². The molecule has 23 heavy (non-hydrogen) atoms. The van der Waals surface area contributed by atoms with Gasteiger partial charge in [-0.3, -0.25) is 4.98 Å². The summed E-state index contributed by atoms with van der Waals surface area (Å²) >= 11 is 1.71. The van der Waals surface area contributed by atoms with Gasteiger partial charge in [0.05, 0.1) is 19.0 Å². The molecule has 0 spiro atoms. The molecule has 0 bridgehead atoms. The van der Waals surface area contributed by atoms with E-state index in [0.29, 0.717) is 0 Å². The maximum Gasteiger partial charge on any atom is 0.148 e. The highest BCUT2D eigenvalue weighted by Gasteiger charge is 2.31. The van der Waals surface area contributed by atoms with Crippen LogP contribution in [0.25, 0.3) is 0 Å². The smallest absolute Gasteiger partial charge is 0.148 e. The zero-order valence-corrected chi connectivity index (χ0v) is 14.3. The summed E-state index contributed by atoms with van der Waals surface area (Å²) < 4.78 is 0. The van der Waals surface area contributed by atoms with Crippen LogP contribution in [0.3, 0.4) is 0 Å². The number of aliphatic hydroxyl groups excluding tert-OH is 1. The summed E-state index contributed by atoms with van der Waals surface area (Å²) in [6.07, 6.45) is 5.80. The summed E-state index contributed by atoms with van der Waals surface area (Å²) in [5.41, 5.74) is 1.25. The van der Waals surface area contributed by atoms with Crippen LogP contribution >= 0.6 is 11.8 Å². The number of anilines is 1. The summed E-state index contributed by atoms with van der Waals surface area (Å²) in [6.45, 7) is 4.18. The minimum absolute atomic E-state index is 0.0346. The molecule has 0 saturated carbocycles. The molecule has 122 valence electrons. The van der Waals surface area contributed by atoms with E-state index >= 15 is 0 Å². The Bertz CT molecular complexity index is 637. The molecule has 1 N–H and O–H groups in total. The van der Waals surface area contributed by atoms with Gasteiger partial charge in [-0.2, -0.15) is 0 Å². The van der Waals surface area contributed by atoms with Gasteiger partial charge in [-0.15, -0.1) is 11.8 Å². The summed E-state index contributed by atoms with van der Waals surface area (Å²) in [7, 11) is 0. The van der Waals surface area contributed by atoms with E-state index in [-0.39, 0.29) is 12.0 Å². The Labute approximate surface area is 142 Å². The number of rotatable bonds is 5. The van der Waals surface area contributed by atoms with Crippen LogP contribution < -0.4 is 4.90 Å². The molecular weight excluding hydrogens is 306 g/mol. The molecule has 1 atom stereocenters. The van der Waals surface area contributed by atoms with Crippen molar-refractivity contribution in [3.05, 3.63) is 48.3 Å². The lowest BCUT2D eigenvalue weighted by Crippen LogP contribution is -2.44. The Kier molecular flexibility index (Phi) is 5.18. The highest BCUT2D eigenvalue weighted by molar-refractivity contribution is 7.98. The van der Waals surface area contributed by atoms with Gasteiger partial charge in [0.25, 0.3) is 0 Å². The van der Waals surface area contributed by atoms with Gasteiger partial charge in [0.15, 0.2) is 0 Å². The Hall–Kier alpha value is -1.59. The van der Waals surface area contributed by atoms with Gasteiger partial charge in [-0.25, -0.2) is 4.98 Å². The number of nitrogens with zero attached hydrogens (tertiary/aromatic N) is 3. The Morgan fingerprint density at radius 1 is 1.26 bits per heavy atom. The van der Waals surface area contributed by atoms with Gasteiger partial charge in [-0.1, -0.05) is 37.3 Å². The maximum absolute atomic E-state index is 9.61. The van der Waals surface area contributed by atoms with Crippen LogP contribution in [0, 0.1) is 5.41 Å². The first-order valence-corrected chi connectivity index (χ1v) is 9.02. The van der Waals surface area contributed by atoms with Crippen molar-refractivity contribution in [1.82, 2.24) is 9.97 Å². The second kappa shape index (κ2) is 7.32. The van der Waals surface area contributed by atoms with E-state index in [4.69, 9.17) is 4.98 Å². The van der Waals surface area contributed by atoms with Crippen LogP contribution in [-0.4, -0.2) is 34.8 Å². The number of hydrogen-bond donors (Lipinski definition) is 1. The van der Waals surface area contributed by atoms with Crippen molar-refractivity contribution in [1.29, 1.82) is 0 Å². The van der Waals surface area contributed by atoms with Gasteiger partial charge in [0, 0.05) is 24.3 Å². The van der Waals surface area contributed by atoms with E-state index in [1.54, 1.807) is 11.8 Å². The second-order valence-electron chi connectivity index (χ2n) is 6.48. The third-order valence-electron chi connectivity index (χ3n) is 4.32. The third kappa shape index (κ3) is 4.24. The molecule has 3 rings (SSSR count). The van der Waals surface area contributed by atoms with Gasteiger partial charge >= 0.3 is 0 Å². The maximum atomic E-state index is 9.61. The Morgan fingerprint density at radius 2 is 2.09 bits per heavy atom. The van der Waals surface area contributed by atoms with E-state index in [1.807, 2.05) is 18.5 Å². The highest BCUT2D eigenvalue weighted by Crippen LogP contribution is 2.31. The van der Waals surface area contributed by atoms with Crippen LogP contribution in [0.4, 0.5) is 5.82 Å². The van der Waals surface area contributed by atoms with Crippen LogP contribution in [0.15, 0.2) is 47.8 Å². The van der Waals surface area contributed by atoms with Crippen molar-refractivity contribution in [2.24, 2.45) is 5.41 Å². The van der Waals surface area contributed by atoms with Crippen molar-refractivity contribution in [2.75, 3.05) is 24.6 Å². The minimum Gasteiger partial charge on any atom is -0.396 e. The largest absolute Gasteiger partial charge is 0.396 e. The normalized spacial score (nSPS) is 21.4. The van der Waals surface area contributed by atoms with Crippen molar-refractivity contribution in [3.63, 3.8) is 0 Å². The van der Waals surface area contributed by atoms with E-state index in [2.05, 4.69) is 41.1 Å². The predicted molar refractivity (Wildman–Crippen MR) is 94.7 cm³/mol. The Morgan fingerprint density at radius 3 is 2.87 bits per heavy atom. The van der Waals surface area contributed by atoms with E-state index in [0.717, 1.165) is 42.5 Å². The molecule has 0 radical (unpaired) electrons. The molecule has 5 heteroatoms. The topological polar surface area (TPSA) is 49.2 Å². The van der Waals surface area contributed by atoms with Crippen LogP contribution in [0.5, 0.6) is 0 Å². The quantitative estimate of drug-likeness (QED) is 0.852. The number of thioether (sulfide) groups is 1.